The van der Waals surface area contributed by atoms with Crippen molar-refractivity contribution in [1.82, 2.24) is 10.2 Å². The molecule has 0 aliphatic rings. The fraction of sp³-hybridized carbons (Fsp3) is 0.375. The van der Waals surface area contributed by atoms with Gasteiger partial charge in [0.1, 0.15) is 11.8 Å². The highest BCUT2D eigenvalue weighted by molar-refractivity contribution is 7.92. The highest BCUT2D eigenvalue weighted by Gasteiger charge is 2.30. The molecule has 0 aromatic heterocycles. The highest BCUT2D eigenvalue weighted by atomic mass is 35.5. The summed E-state index contributed by atoms with van der Waals surface area (Å²) in [5.74, 6) is 0.143. The van der Waals surface area contributed by atoms with Crippen LogP contribution < -0.4 is 14.4 Å². The Bertz CT molecular complexity index is 1470. The maximum Gasteiger partial charge on any atom is 0.243 e. The number of amides is 2. The van der Waals surface area contributed by atoms with Gasteiger partial charge in [-0.2, -0.15) is 0 Å². The molecule has 0 fully saturated rings. The van der Waals surface area contributed by atoms with Gasteiger partial charge in [0.2, 0.25) is 21.8 Å². The van der Waals surface area contributed by atoms with Crippen LogP contribution in [-0.4, -0.2) is 57.6 Å². The number of nitrogens with zero attached hydrogens (tertiary/aromatic N) is 2. The van der Waals surface area contributed by atoms with Gasteiger partial charge in [0.25, 0.3) is 0 Å². The molecule has 43 heavy (non-hydrogen) atoms. The van der Waals surface area contributed by atoms with Gasteiger partial charge in [0.05, 0.1) is 24.1 Å². The van der Waals surface area contributed by atoms with E-state index in [0.717, 1.165) is 17.4 Å². The Morgan fingerprint density at radius 2 is 1.63 bits per heavy atom. The minimum Gasteiger partial charge on any atom is -0.495 e. The van der Waals surface area contributed by atoms with Gasteiger partial charge in [0, 0.05) is 37.5 Å². The molecule has 8 nitrogen and oxygen atoms in total. The molecule has 11 heteroatoms. The molecule has 0 aliphatic heterocycles. The molecule has 3 aromatic rings. The van der Waals surface area contributed by atoms with Crippen LogP contribution in [0.5, 0.6) is 5.75 Å². The fourth-order valence-corrected chi connectivity index (χ4v) is 5.91. The summed E-state index contributed by atoms with van der Waals surface area (Å²) < 4.78 is 31.8. The molecule has 0 saturated heterocycles. The lowest BCUT2D eigenvalue weighted by Crippen LogP contribution is -2.51. The third kappa shape index (κ3) is 10.4. The molecule has 0 saturated carbocycles. The van der Waals surface area contributed by atoms with E-state index in [4.69, 9.17) is 27.9 Å². The van der Waals surface area contributed by atoms with E-state index in [1.54, 1.807) is 29.2 Å². The third-order valence-corrected chi connectivity index (χ3v) is 8.54. The number of carbonyl (C=O) groups excluding carboxylic acids is 2. The van der Waals surface area contributed by atoms with Crippen molar-refractivity contribution in [2.24, 2.45) is 5.92 Å². The Hall–Kier alpha value is -3.27. The van der Waals surface area contributed by atoms with Crippen LogP contribution in [0.4, 0.5) is 5.69 Å². The first-order chi connectivity index (χ1) is 20.4. The summed E-state index contributed by atoms with van der Waals surface area (Å²) in [4.78, 5) is 29.1. The van der Waals surface area contributed by atoms with Crippen LogP contribution in [0.3, 0.4) is 0 Å². The quantitative estimate of drug-likeness (QED) is 0.220. The second-order valence-electron chi connectivity index (χ2n) is 10.8. The second kappa shape index (κ2) is 16.0. The van der Waals surface area contributed by atoms with Crippen molar-refractivity contribution in [3.05, 3.63) is 94.0 Å². The predicted molar refractivity (Wildman–Crippen MR) is 173 cm³/mol. The Labute approximate surface area is 265 Å². The van der Waals surface area contributed by atoms with Crippen LogP contribution in [0, 0.1) is 5.92 Å². The van der Waals surface area contributed by atoms with Crippen molar-refractivity contribution in [3.8, 4) is 5.75 Å². The topological polar surface area (TPSA) is 96.0 Å². The average molecular weight is 649 g/mol. The largest absolute Gasteiger partial charge is 0.495 e. The Kier molecular flexibility index (Phi) is 12.7. The van der Waals surface area contributed by atoms with Crippen molar-refractivity contribution in [2.75, 3.05) is 30.8 Å². The first kappa shape index (κ1) is 34.2. The summed E-state index contributed by atoms with van der Waals surface area (Å²) >= 11 is 12.4. The van der Waals surface area contributed by atoms with E-state index in [1.807, 2.05) is 56.3 Å². The number of methoxy groups -OCH3 is 1. The standard InChI is InChI=1S/C32H39Cl2N3O5S/c1-23(2)21-35-32(39)29(19-24-9-6-5-7-10-24)36(22-25-12-14-26(33)15-13-25)31(38)11-8-18-37(43(4,40)41)27-16-17-30(42-3)28(34)20-27/h5-7,9-10,12-17,20,23,29H,8,11,18-19,21-22H2,1-4H3,(H,35,39). The summed E-state index contributed by atoms with van der Waals surface area (Å²) in [6.07, 6.45) is 1.67. The smallest absolute Gasteiger partial charge is 0.243 e. The number of anilines is 1. The number of halogens is 2. The van der Waals surface area contributed by atoms with E-state index < -0.39 is 16.1 Å². The first-order valence-corrected chi connectivity index (χ1v) is 16.7. The first-order valence-electron chi connectivity index (χ1n) is 14.1. The summed E-state index contributed by atoms with van der Waals surface area (Å²) in [5.41, 5.74) is 2.10. The van der Waals surface area contributed by atoms with Crippen LogP contribution in [0.1, 0.15) is 37.8 Å². The molecule has 2 amide bonds. The zero-order chi connectivity index (χ0) is 31.6. The minimum atomic E-state index is -3.68. The van der Waals surface area contributed by atoms with E-state index in [0.29, 0.717) is 29.4 Å². The Morgan fingerprint density at radius 1 is 0.953 bits per heavy atom. The number of rotatable bonds is 15. The number of carbonyl (C=O) groups is 2. The second-order valence-corrected chi connectivity index (χ2v) is 13.5. The highest BCUT2D eigenvalue weighted by Crippen LogP contribution is 2.30. The number of hydrogen-bond acceptors (Lipinski definition) is 5. The SMILES string of the molecule is COc1ccc(N(CCCC(=O)N(Cc2ccc(Cl)cc2)C(Cc2ccccc2)C(=O)NCC(C)C)S(C)(=O)=O)cc1Cl. The van der Waals surface area contributed by atoms with Crippen molar-refractivity contribution in [2.45, 2.75) is 45.7 Å². The molecule has 0 aliphatic carbocycles. The lowest BCUT2D eigenvalue weighted by atomic mass is 10.0. The van der Waals surface area contributed by atoms with Crippen LogP contribution in [0.25, 0.3) is 0 Å². The molecule has 0 heterocycles. The van der Waals surface area contributed by atoms with E-state index in [9.17, 15) is 18.0 Å². The van der Waals surface area contributed by atoms with E-state index in [2.05, 4.69) is 5.32 Å². The summed E-state index contributed by atoms with van der Waals surface area (Å²) in [6, 6.07) is 20.6. The van der Waals surface area contributed by atoms with Gasteiger partial charge in [-0.25, -0.2) is 8.42 Å². The number of ether oxygens (including phenoxy) is 1. The van der Waals surface area contributed by atoms with E-state index in [1.165, 1.54) is 17.5 Å². The maximum atomic E-state index is 13.9. The molecule has 0 radical (unpaired) electrons. The zero-order valence-electron chi connectivity index (χ0n) is 24.9. The molecule has 1 N–H and O–H groups in total. The van der Waals surface area contributed by atoms with E-state index >= 15 is 0 Å². The molecule has 3 aromatic carbocycles. The van der Waals surface area contributed by atoms with Gasteiger partial charge in [0.15, 0.2) is 0 Å². The maximum absolute atomic E-state index is 13.9. The lowest BCUT2D eigenvalue weighted by molar-refractivity contribution is -0.141. The molecular weight excluding hydrogens is 609 g/mol. The number of hydrogen-bond donors (Lipinski definition) is 1. The summed E-state index contributed by atoms with van der Waals surface area (Å²) in [5, 5.41) is 3.84. The minimum absolute atomic E-state index is 0.0201. The molecule has 232 valence electrons. The van der Waals surface area contributed by atoms with Crippen molar-refractivity contribution < 1.29 is 22.7 Å². The summed E-state index contributed by atoms with van der Waals surface area (Å²) in [6.45, 7) is 4.72. The van der Waals surface area contributed by atoms with Crippen molar-refractivity contribution >= 4 is 50.7 Å². The van der Waals surface area contributed by atoms with Gasteiger partial charge < -0.3 is 15.0 Å². The molecule has 3 rings (SSSR count). The molecule has 0 spiro atoms. The molecule has 1 unspecified atom stereocenters. The third-order valence-electron chi connectivity index (χ3n) is 6.80. The van der Waals surface area contributed by atoms with Gasteiger partial charge in [-0.05, 0) is 53.8 Å². The fourth-order valence-electron chi connectivity index (χ4n) is 4.58. The van der Waals surface area contributed by atoms with Crippen LogP contribution in [0.2, 0.25) is 10.0 Å². The molecular formula is C32H39Cl2N3O5S. The average Bonchev–Trinajstić information content (AvgIpc) is 2.96. The Morgan fingerprint density at radius 3 is 2.21 bits per heavy atom. The molecule has 0 bridgehead atoms. The van der Waals surface area contributed by atoms with Gasteiger partial charge in [-0.3, -0.25) is 13.9 Å². The Balaban J connectivity index is 1.88. The zero-order valence-corrected chi connectivity index (χ0v) is 27.3. The van der Waals surface area contributed by atoms with Crippen LogP contribution in [0.15, 0.2) is 72.8 Å². The van der Waals surface area contributed by atoms with Crippen molar-refractivity contribution in [3.63, 3.8) is 0 Å². The molecule has 1 atom stereocenters. The normalized spacial score (nSPS) is 12.1. The van der Waals surface area contributed by atoms with E-state index in [-0.39, 0.29) is 48.7 Å². The van der Waals surface area contributed by atoms with Gasteiger partial charge in [-0.15, -0.1) is 0 Å². The van der Waals surface area contributed by atoms with Crippen molar-refractivity contribution in [1.29, 1.82) is 0 Å². The van der Waals surface area contributed by atoms with Crippen LogP contribution >= 0.6 is 23.2 Å². The summed E-state index contributed by atoms with van der Waals surface area (Å²) in [7, 11) is -2.20. The van der Waals surface area contributed by atoms with Gasteiger partial charge in [-0.1, -0.05) is 79.5 Å². The number of sulfonamides is 1. The lowest BCUT2D eigenvalue weighted by Gasteiger charge is -2.32. The predicted octanol–water partition coefficient (Wildman–Crippen LogP) is 5.96. The monoisotopic (exact) mass is 647 g/mol. The number of nitrogens with one attached hydrogen (secondary N) is 1. The number of benzene rings is 3. The van der Waals surface area contributed by atoms with Crippen LogP contribution in [-0.2, 0) is 32.6 Å². The van der Waals surface area contributed by atoms with Gasteiger partial charge >= 0.3 is 0 Å².